The second-order valence-corrected chi connectivity index (χ2v) is 8.32. The van der Waals surface area contributed by atoms with E-state index in [9.17, 15) is 22.0 Å². The van der Waals surface area contributed by atoms with E-state index in [1.165, 1.54) is 0 Å². The first-order chi connectivity index (χ1) is 13.3. The Kier molecular flexibility index (Phi) is 6.00. The van der Waals surface area contributed by atoms with Crippen LogP contribution in [0, 0.1) is 29.1 Å². The van der Waals surface area contributed by atoms with E-state index < -0.39 is 48.0 Å². The van der Waals surface area contributed by atoms with Crippen LogP contribution in [0.1, 0.15) is 12.5 Å². The second kappa shape index (κ2) is 8.28. The van der Waals surface area contributed by atoms with Gasteiger partial charge in [-0.3, -0.25) is 0 Å². The van der Waals surface area contributed by atoms with Gasteiger partial charge in [-0.25, -0.2) is 22.0 Å². The minimum Gasteiger partial charge on any atom is -0.203 e. The van der Waals surface area contributed by atoms with Crippen molar-refractivity contribution in [1.29, 1.82) is 0 Å². The molecular formula is C21H13BF5P. The van der Waals surface area contributed by atoms with Gasteiger partial charge in [0.05, 0.1) is 0 Å². The molecule has 28 heavy (non-hydrogen) atoms. The van der Waals surface area contributed by atoms with Crippen molar-refractivity contribution in [1.82, 2.24) is 0 Å². The fourth-order valence-corrected chi connectivity index (χ4v) is 5.20. The summed E-state index contributed by atoms with van der Waals surface area (Å²) in [6, 6.07) is 18.1. The zero-order valence-corrected chi connectivity index (χ0v) is 15.6. The van der Waals surface area contributed by atoms with Gasteiger partial charge in [-0.1, -0.05) is 66.1 Å². The maximum atomic E-state index is 14.3. The van der Waals surface area contributed by atoms with Crippen LogP contribution >= 0.6 is 7.92 Å². The number of benzene rings is 3. The van der Waals surface area contributed by atoms with E-state index in [-0.39, 0.29) is 0 Å². The van der Waals surface area contributed by atoms with Crippen LogP contribution in [0.4, 0.5) is 22.0 Å². The van der Waals surface area contributed by atoms with Crippen molar-refractivity contribution in [3.8, 4) is 0 Å². The average molecular weight is 402 g/mol. The van der Waals surface area contributed by atoms with Crippen molar-refractivity contribution < 1.29 is 22.0 Å². The highest BCUT2D eigenvalue weighted by Gasteiger charge is 2.28. The van der Waals surface area contributed by atoms with Gasteiger partial charge in [0.1, 0.15) is 7.85 Å². The molecular weight excluding hydrogens is 389 g/mol. The normalized spacial score (nSPS) is 12.2. The first kappa shape index (κ1) is 20.3. The highest BCUT2D eigenvalue weighted by Crippen LogP contribution is 2.46. The van der Waals surface area contributed by atoms with E-state index >= 15 is 0 Å². The van der Waals surface area contributed by atoms with Crippen LogP contribution < -0.4 is 10.6 Å². The van der Waals surface area contributed by atoms with E-state index in [0.29, 0.717) is 5.31 Å². The Morgan fingerprint density at radius 3 is 1.39 bits per heavy atom. The maximum Gasteiger partial charge on any atom is 0.200 e. The van der Waals surface area contributed by atoms with Gasteiger partial charge in [0, 0.05) is 5.56 Å². The van der Waals surface area contributed by atoms with E-state index in [1.807, 2.05) is 36.4 Å². The molecule has 0 bridgehead atoms. The largest absolute Gasteiger partial charge is 0.203 e. The minimum atomic E-state index is -2.21. The van der Waals surface area contributed by atoms with Crippen molar-refractivity contribution >= 4 is 31.8 Å². The lowest BCUT2D eigenvalue weighted by molar-refractivity contribution is 0.376. The summed E-state index contributed by atoms with van der Waals surface area (Å²) in [7, 11) is 4.62. The summed E-state index contributed by atoms with van der Waals surface area (Å²) in [6.45, 7) is 1.54. The molecule has 0 saturated carbocycles. The highest BCUT2D eigenvalue weighted by atomic mass is 31.1. The van der Waals surface area contributed by atoms with Crippen molar-refractivity contribution in [2.45, 2.75) is 6.92 Å². The Labute approximate surface area is 161 Å². The number of rotatable bonds is 4. The molecule has 0 aliphatic rings. The van der Waals surface area contributed by atoms with Gasteiger partial charge < -0.3 is 0 Å². The fraction of sp³-hybridized carbons (Fsp3) is 0.0476. The molecule has 140 valence electrons. The molecule has 0 unspecified atom stereocenters. The summed E-state index contributed by atoms with van der Waals surface area (Å²) >= 11 is 0. The summed E-state index contributed by atoms with van der Waals surface area (Å²) in [5.41, 5.74) is -1.57. The summed E-state index contributed by atoms with van der Waals surface area (Å²) in [6.07, 6.45) is 0. The van der Waals surface area contributed by atoms with Gasteiger partial charge in [0.2, 0.25) is 5.82 Å². The average Bonchev–Trinajstić information content (AvgIpc) is 2.72. The smallest absolute Gasteiger partial charge is 0.200 e. The lowest BCUT2D eigenvalue weighted by atomic mass is 9.87. The third-order valence-corrected chi connectivity index (χ3v) is 6.77. The lowest BCUT2D eigenvalue weighted by Gasteiger charge is -2.23. The van der Waals surface area contributed by atoms with Gasteiger partial charge in [-0.15, -0.1) is 0 Å². The molecule has 3 aromatic carbocycles. The Bertz CT molecular complexity index is 967. The standard InChI is InChI=1S/C21H13BF5P/c1-12(16(22)15-17(23)19(25)21(27)20(26)18(15)24)28(13-8-4-2-5-9-13)14-10-6-3-7-11-14/h2-11H,1H3/b16-12+. The van der Waals surface area contributed by atoms with Crippen LogP contribution in [0.3, 0.4) is 0 Å². The molecule has 0 amide bonds. The molecule has 0 nitrogen and oxygen atoms in total. The topological polar surface area (TPSA) is 0 Å². The highest BCUT2D eigenvalue weighted by molar-refractivity contribution is 7.77. The third-order valence-electron chi connectivity index (χ3n) is 4.23. The van der Waals surface area contributed by atoms with Crippen molar-refractivity contribution in [2.24, 2.45) is 0 Å². The SMILES string of the molecule is [B]/C(=C(\C)P(c1ccccc1)c1ccccc1)c1c(F)c(F)c(F)c(F)c1F. The van der Waals surface area contributed by atoms with Gasteiger partial charge >= 0.3 is 0 Å². The van der Waals surface area contributed by atoms with E-state index in [1.54, 1.807) is 31.2 Å². The fourth-order valence-electron chi connectivity index (χ4n) is 2.83. The lowest BCUT2D eigenvalue weighted by Crippen LogP contribution is -2.14. The van der Waals surface area contributed by atoms with Gasteiger partial charge in [-0.05, 0) is 30.8 Å². The van der Waals surface area contributed by atoms with Gasteiger partial charge in [0.15, 0.2) is 23.3 Å². The third kappa shape index (κ3) is 3.61. The summed E-state index contributed by atoms with van der Waals surface area (Å²) < 4.78 is 69.2. The number of allylic oxidation sites excluding steroid dienone is 1. The van der Waals surface area contributed by atoms with Crippen LogP contribution in [-0.4, -0.2) is 7.85 Å². The maximum absolute atomic E-state index is 14.3. The first-order valence-corrected chi connectivity index (χ1v) is 9.57. The quantitative estimate of drug-likeness (QED) is 0.181. The van der Waals surface area contributed by atoms with Crippen LogP contribution in [0.5, 0.6) is 0 Å². The molecule has 3 aromatic rings. The molecule has 2 radical (unpaired) electrons. The first-order valence-electron chi connectivity index (χ1n) is 8.23. The monoisotopic (exact) mass is 402 g/mol. The molecule has 0 fully saturated rings. The minimum absolute atomic E-state index is 0.329. The zero-order valence-electron chi connectivity index (χ0n) is 14.7. The van der Waals surface area contributed by atoms with Crippen molar-refractivity contribution in [3.05, 3.63) is 101 Å². The Hall–Kier alpha value is -2.46. The Morgan fingerprint density at radius 1 is 0.643 bits per heavy atom. The molecule has 0 aliphatic heterocycles. The Morgan fingerprint density at radius 2 is 1.00 bits per heavy atom. The molecule has 7 heteroatoms. The zero-order chi connectivity index (χ0) is 20.4. The van der Waals surface area contributed by atoms with E-state index in [0.717, 1.165) is 10.6 Å². The second-order valence-electron chi connectivity index (χ2n) is 5.95. The van der Waals surface area contributed by atoms with Crippen molar-refractivity contribution in [2.75, 3.05) is 0 Å². The number of halogens is 5. The molecule has 0 aromatic heterocycles. The predicted octanol–water partition coefficient (Wildman–Crippen LogP) is 5.37. The summed E-state index contributed by atoms with van der Waals surface area (Å²) in [5, 5.41) is 1.98. The van der Waals surface area contributed by atoms with Crippen LogP contribution in [-0.2, 0) is 0 Å². The van der Waals surface area contributed by atoms with Crippen LogP contribution in [0.2, 0.25) is 0 Å². The predicted molar refractivity (Wildman–Crippen MR) is 104 cm³/mol. The van der Waals surface area contributed by atoms with Crippen LogP contribution in [0.15, 0.2) is 66.0 Å². The number of hydrogen-bond acceptors (Lipinski definition) is 0. The molecule has 0 heterocycles. The molecule has 0 spiro atoms. The molecule has 3 rings (SSSR count). The van der Waals surface area contributed by atoms with Gasteiger partial charge in [-0.2, -0.15) is 0 Å². The van der Waals surface area contributed by atoms with E-state index in [2.05, 4.69) is 0 Å². The molecule has 0 atom stereocenters. The van der Waals surface area contributed by atoms with Gasteiger partial charge in [0.25, 0.3) is 0 Å². The summed E-state index contributed by atoms with van der Waals surface area (Å²) in [5.74, 6) is -10.1. The number of hydrogen-bond donors (Lipinski definition) is 0. The van der Waals surface area contributed by atoms with Crippen molar-refractivity contribution in [3.63, 3.8) is 0 Å². The van der Waals surface area contributed by atoms with E-state index in [4.69, 9.17) is 7.85 Å². The van der Waals surface area contributed by atoms with Crippen LogP contribution in [0.25, 0.3) is 5.47 Å². The molecule has 0 N–H and O–H groups in total. The Balaban J connectivity index is 2.27. The molecule has 0 saturated heterocycles. The molecule has 0 aliphatic carbocycles. The summed E-state index contributed by atoms with van der Waals surface area (Å²) in [4.78, 5) is 0.